The van der Waals surface area contributed by atoms with Crippen LogP contribution in [0.1, 0.15) is 37.7 Å². The van der Waals surface area contributed by atoms with Crippen molar-refractivity contribution in [3.8, 4) is 11.3 Å². The third kappa shape index (κ3) is 4.05. The Kier molecular flexibility index (Phi) is 4.72. The zero-order valence-corrected chi connectivity index (χ0v) is 14.3. The van der Waals surface area contributed by atoms with Crippen molar-refractivity contribution >= 4 is 5.95 Å². The lowest BCUT2D eigenvalue weighted by atomic mass is 9.96. The van der Waals surface area contributed by atoms with E-state index in [9.17, 15) is 0 Å². The number of hydrogen-bond donors (Lipinski definition) is 1. The van der Waals surface area contributed by atoms with Gasteiger partial charge < -0.3 is 5.32 Å². The van der Waals surface area contributed by atoms with Crippen LogP contribution in [0.5, 0.6) is 0 Å². The molecule has 1 N–H and O–H groups in total. The summed E-state index contributed by atoms with van der Waals surface area (Å²) >= 11 is 0. The highest BCUT2D eigenvalue weighted by Gasteiger charge is 2.14. The van der Waals surface area contributed by atoms with Crippen molar-refractivity contribution in [2.24, 2.45) is 0 Å². The summed E-state index contributed by atoms with van der Waals surface area (Å²) in [7, 11) is 0. The molecule has 5 heteroatoms. The van der Waals surface area contributed by atoms with E-state index in [4.69, 9.17) is 0 Å². The minimum Gasteiger partial charge on any atom is -0.351 e. The average Bonchev–Trinajstić information content (AvgIpc) is 3.12. The van der Waals surface area contributed by atoms with E-state index >= 15 is 0 Å². The van der Waals surface area contributed by atoms with Crippen molar-refractivity contribution in [2.45, 2.75) is 44.7 Å². The summed E-state index contributed by atoms with van der Waals surface area (Å²) < 4.78 is 1.95. The predicted octanol–water partition coefficient (Wildman–Crippen LogP) is 4.13. The molecule has 3 aromatic rings. The van der Waals surface area contributed by atoms with Crippen molar-refractivity contribution in [2.75, 3.05) is 5.32 Å². The molecule has 0 amide bonds. The Bertz CT molecular complexity index is 806. The van der Waals surface area contributed by atoms with Gasteiger partial charge in [-0.1, -0.05) is 49.6 Å². The Morgan fingerprint density at radius 2 is 1.88 bits per heavy atom. The van der Waals surface area contributed by atoms with Gasteiger partial charge in [-0.15, -0.1) is 0 Å². The van der Waals surface area contributed by atoms with Gasteiger partial charge in [-0.05, 0) is 24.5 Å². The Morgan fingerprint density at radius 1 is 1.04 bits per heavy atom. The second kappa shape index (κ2) is 7.47. The molecule has 0 radical (unpaired) electrons. The van der Waals surface area contributed by atoms with Crippen LogP contribution in [0, 0.1) is 0 Å². The zero-order valence-electron chi connectivity index (χ0n) is 14.3. The molecule has 2 heterocycles. The molecule has 0 saturated heterocycles. The average molecular weight is 333 g/mol. The fourth-order valence-corrected chi connectivity index (χ4v) is 3.37. The third-order valence-corrected chi connectivity index (χ3v) is 4.71. The highest BCUT2D eigenvalue weighted by atomic mass is 15.3. The molecule has 1 aromatic carbocycles. The van der Waals surface area contributed by atoms with Gasteiger partial charge in [0.1, 0.15) is 0 Å². The Morgan fingerprint density at radius 3 is 2.72 bits per heavy atom. The highest BCUT2D eigenvalue weighted by Crippen LogP contribution is 2.22. The lowest BCUT2D eigenvalue weighted by Gasteiger charge is -2.22. The third-order valence-electron chi connectivity index (χ3n) is 4.71. The topological polar surface area (TPSA) is 55.6 Å². The van der Waals surface area contributed by atoms with Gasteiger partial charge in [-0.2, -0.15) is 5.10 Å². The van der Waals surface area contributed by atoms with E-state index in [0.717, 1.165) is 23.8 Å². The molecule has 0 spiro atoms. The molecule has 1 aliphatic carbocycles. The molecule has 128 valence electrons. The quantitative estimate of drug-likeness (QED) is 0.762. The largest absolute Gasteiger partial charge is 0.351 e. The first-order chi connectivity index (χ1) is 12.4. The van der Waals surface area contributed by atoms with Crippen molar-refractivity contribution < 1.29 is 0 Å². The van der Waals surface area contributed by atoms with Crippen LogP contribution in [-0.2, 0) is 6.54 Å². The molecule has 0 atom stereocenters. The lowest BCUT2D eigenvalue weighted by Crippen LogP contribution is -2.23. The number of aromatic nitrogens is 4. The molecule has 25 heavy (non-hydrogen) atoms. The molecule has 0 unspecified atom stereocenters. The summed E-state index contributed by atoms with van der Waals surface area (Å²) in [5.74, 6) is 0.722. The number of hydrogen-bond acceptors (Lipinski definition) is 4. The van der Waals surface area contributed by atoms with E-state index in [1.165, 1.54) is 37.7 Å². The first kappa shape index (κ1) is 15.8. The molecule has 2 aromatic heterocycles. The molecule has 1 saturated carbocycles. The van der Waals surface area contributed by atoms with Gasteiger partial charge in [0, 0.05) is 24.0 Å². The summed E-state index contributed by atoms with van der Waals surface area (Å²) in [4.78, 5) is 9.07. The molecule has 1 fully saturated rings. The van der Waals surface area contributed by atoms with Gasteiger partial charge in [0.25, 0.3) is 0 Å². The predicted molar refractivity (Wildman–Crippen MR) is 99.3 cm³/mol. The number of nitrogens with one attached hydrogen (secondary N) is 1. The highest BCUT2D eigenvalue weighted by molar-refractivity contribution is 5.58. The zero-order chi connectivity index (χ0) is 16.9. The van der Waals surface area contributed by atoms with Crippen LogP contribution in [0.25, 0.3) is 11.3 Å². The Labute approximate surface area is 148 Å². The summed E-state index contributed by atoms with van der Waals surface area (Å²) in [5, 5.41) is 7.96. The van der Waals surface area contributed by atoms with Crippen LogP contribution in [0.15, 0.2) is 55.0 Å². The standard InChI is InChI=1S/C20H23N5/c1-3-7-16(8-4-1)14-25-15-17(13-22-25)19-11-12-21-20(24-19)23-18-9-5-2-6-10-18/h1,3-4,7-8,11-13,15,18H,2,5-6,9-10,14H2,(H,21,23,24). The lowest BCUT2D eigenvalue weighted by molar-refractivity contribution is 0.461. The van der Waals surface area contributed by atoms with E-state index in [1.807, 2.05) is 47.5 Å². The summed E-state index contributed by atoms with van der Waals surface area (Å²) in [6, 6.07) is 12.8. The number of anilines is 1. The molecule has 5 nitrogen and oxygen atoms in total. The molecule has 0 aliphatic heterocycles. The van der Waals surface area contributed by atoms with Gasteiger partial charge in [0.2, 0.25) is 5.95 Å². The van der Waals surface area contributed by atoms with Crippen LogP contribution in [0.3, 0.4) is 0 Å². The van der Waals surface area contributed by atoms with Crippen molar-refractivity contribution in [3.05, 3.63) is 60.6 Å². The first-order valence-electron chi connectivity index (χ1n) is 9.03. The normalized spacial score (nSPS) is 15.2. The van der Waals surface area contributed by atoms with Gasteiger partial charge in [-0.25, -0.2) is 9.97 Å². The smallest absolute Gasteiger partial charge is 0.223 e. The monoisotopic (exact) mass is 333 g/mol. The Balaban J connectivity index is 1.47. The molecular weight excluding hydrogens is 310 g/mol. The number of rotatable bonds is 5. The minimum absolute atomic E-state index is 0.504. The van der Waals surface area contributed by atoms with E-state index in [-0.39, 0.29) is 0 Å². The van der Waals surface area contributed by atoms with Gasteiger partial charge in [-0.3, -0.25) is 4.68 Å². The van der Waals surface area contributed by atoms with Gasteiger partial charge in [0.15, 0.2) is 0 Å². The fraction of sp³-hybridized carbons (Fsp3) is 0.350. The molecule has 1 aliphatic rings. The van der Waals surface area contributed by atoms with E-state index < -0.39 is 0 Å². The summed E-state index contributed by atoms with van der Waals surface area (Å²) in [6.07, 6.45) is 12.1. The van der Waals surface area contributed by atoms with Crippen LogP contribution >= 0.6 is 0 Å². The SMILES string of the molecule is c1ccc(Cn2cc(-c3ccnc(NC4CCCCC4)n3)cn2)cc1. The fourth-order valence-electron chi connectivity index (χ4n) is 3.37. The van der Waals surface area contributed by atoms with Crippen LogP contribution in [0.2, 0.25) is 0 Å². The van der Waals surface area contributed by atoms with E-state index in [0.29, 0.717) is 6.04 Å². The molecular formula is C20H23N5. The maximum absolute atomic E-state index is 4.68. The van der Waals surface area contributed by atoms with Crippen LogP contribution < -0.4 is 5.32 Å². The summed E-state index contributed by atoms with van der Waals surface area (Å²) in [6.45, 7) is 0.763. The number of benzene rings is 1. The van der Waals surface area contributed by atoms with Crippen LogP contribution in [0.4, 0.5) is 5.95 Å². The van der Waals surface area contributed by atoms with Crippen molar-refractivity contribution in [3.63, 3.8) is 0 Å². The van der Waals surface area contributed by atoms with Crippen LogP contribution in [-0.4, -0.2) is 25.8 Å². The molecule has 0 bridgehead atoms. The second-order valence-corrected chi connectivity index (χ2v) is 6.66. The second-order valence-electron chi connectivity index (χ2n) is 6.66. The van der Waals surface area contributed by atoms with Gasteiger partial charge >= 0.3 is 0 Å². The minimum atomic E-state index is 0.504. The number of nitrogens with zero attached hydrogens (tertiary/aromatic N) is 4. The molecule has 4 rings (SSSR count). The first-order valence-corrected chi connectivity index (χ1v) is 9.03. The van der Waals surface area contributed by atoms with Gasteiger partial charge in [0.05, 0.1) is 18.4 Å². The van der Waals surface area contributed by atoms with E-state index in [1.54, 1.807) is 0 Å². The van der Waals surface area contributed by atoms with Crippen molar-refractivity contribution in [1.29, 1.82) is 0 Å². The maximum atomic E-state index is 4.68. The summed E-state index contributed by atoms with van der Waals surface area (Å²) in [5.41, 5.74) is 3.16. The van der Waals surface area contributed by atoms with E-state index in [2.05, 4.69) is 32.5 Å². The maximum Gasteiger partial charge on any atom is 0.223 e. The Hall–Kier alpha value is -2.69. The van der Waals surface area contributed by atoms with Crippen molar-refractivity contribution in [1.82, 2.24) is 19.7 Å².